The second kappa shape index (κ2) is 7.41. The highest BCUT2D eigenvalue weighted by Gasteiger charge is 2.05. The highest BCUT2D eigenvalue weighted by Crippen LogP contribution is 2.25. The van der Waals surface area contributed by atoms with Crippen molar-refractivity contribution in [1.82, 2.24) is 9.78 Å². The largest absolute Gasteiger partial charge is 0.489 e. The summed E-state index contributed by atoms with van der Waals surface area (Å²) in [4.78, 5) is 0. The maximum absolute atomic E-state index is 5.89. The zero-order valence-corrected chi connectivity index (χ0v) is 14.5. The van der Waals surface area contributed by atoms with E-state index in [2.05, 4.69) is 5.10 Å². The Labute approximate surface area is 146 Å². The lowest BCUT2D eigenvalue weighted by Crippen LogP contribution is -2.00. The summed E-state index contributed by atoms with van der Waals surface area (Å²) in [7, 11) is 1.89. The van der Waals surface area contributed by atoms with Gasteiger partial charge in [0.15, 0.2) is 0 Å². The summed E-state index contributed by atoms with van der Waals surface area (Å²) in [6, 6.07) is 15.4. The molecule has 0 atom stereocenters. The lowest BCUT2D eigenvalue weighted by atomic mass is 10.2. The molecule has 0 amide bonds. The second-order valence-electron chi connectivity index (χ2n) is 5.61. The van der Waals surface area contributed by atoms with Gasteiger partial charge in [0.05, 0.1) is 5.69 Å². The Morgan fingerprint density at radius 2 is 1.79 bits per heavy atom. The summed E-state index contributed by atoms with van der Waals surface area (Å²) in [5, 5.41) is 5.03. The molecule has 1 aromatic heterocycles. The third-order valence-electron chi connectivity index (χ3n) is 3.62. The first-order valence-electron chi connectivity index (χ1n) is 7.69. The minimum atomic E-state index is 0.433. The molecule has 0 aliphatic heterocycles. The maximum atomic E-state index is 5.89. The van der Waals surface area contributed by atoms with E-state index in [0.717, 1.165) is 33.3 Å². The van der Waals surface area contributed by atoms with E-state index in [1.54, 1.807) is 4.68 Å². The standard InChI is InChI=1S/C19H19ClN2O2/c1-14-3-8-18(23-12-15-4-6-16(20)7-5-15)11-19(14)24-13-17-9-10-22(2)21-17/h3-11H,12-13H2,1-2H3. The molecule has 5 heteroatoms. The number of benzene rings is 2. The quantitative estimate of drug-likeness (QED) is 0.659. The number of halogens is 1. The molecule has 3 rings (SSSR count). The molecule has 1 heterocycles. The van der Waals surface area contributed by atoms with Crippen molar-refractivity contribution in [3.05, 3.63) is 76.6 Å². The molecule has 0 saturated heterocycles. The van der Waals surface area contributed by atoms with Crippen LogP contribution in [0.15, 0.2) is 54.7 Å². The van der Waals surface area contributed by atoms with E-state index in [-0.39, 0.29) is 0 Å². The molecule has 4 nitrogen and oxygen atoms in total. The molecule has 0 spiro atoms. The van der Waals surface area contributed by atoms with Gasteiger partial charge in [0.2, 0.25) is 0 Å². The molecule has 24 heavy (non-hydrogen) atoms. The van der Waals surface area contributed by atoms with Gasteiger partial charge < -0.3 is 9.47 Å². The van der Waals surface area contributed by atoms with Gasteiger partial charge in [-0.3, -0.25) is 4.68 Å². The predicted octanol–water partition coefficient (Wildman–Crippen LogP) is 4.54. The molecule has 0 radical (unpaired) electrons. The molecule has 0 aliphatic carbocycles. The Morgan fingerprint density at radius 1 is 1.00 bits per heavy atom. The molecular formula is C19H19ClN2O2. The number of ether oxygens (including phenoxy) is 2. The van der Waals surface area contributed by atoms with Crippen molar-refractivity contribution in [2.45, 2.75) is 20.1 Å². The molecule has 0 aliphatic rings. The smallest absolute Gasteiger partial charge is 0.132 e. The van der Waals surface area contributed by atoms with E-state index in [9.17, 15) is 0 Å². The van der Waals surface area contributed by atoms with Crippen LogP contribution in [0.25, 0.3) is 0 Å². The molecule has 2 aromatic carbocycles. The van der Waals surface area contributed by atoms with Crippen LogP contribution in [-0.4, -0.2) is 9.78 Å². The van der Waals surface area contributed by atoms with Crippen molar-refractivity contribution in [2.75, 3.05) is 0 Å². The first-order valence-corrected chi connectivity index (χ1v) is 8.07. The van der Waals surface area contributed by atoms with E-state index in [0.29, 0.717) is 13.2 Å². The molecular weight excluding hydrogens is 324 g/mol. The fraction of sp³-hybridized carbons (Fsp3) is 0.211. The van der Waals surface area contributed by atoms with E-state index in [4.69, 9.17) is 21.1 Å². The Kier molecular flexibility index (Phi) is 5.06. The van der Waals surface area contributed by atoms with Crippen molar-refractivity contribution in [2.24, 2.45) is 7.05 Å². The van der Waals surface area contributed by atoms with Crippen LogP contribution in [0.1, 0.15) is 16.8 Å². The predicted molar refractivity (Wildman–Crippen MR) is 94.5 cm³/mol. The Balaban J connectivity index is 1.63. The fourth-order valence-corrected chi connectivity index (χ4v) is 2.39. The third kappa shape index (κ3) is 4.30. The average Bonchev–Trinajstić information content (AvgIpc) is 3.00. The van der Waals surface area contributed by atoms with Crippen LogP contribution < -0.4 is 9.47 Å². The minimum Gasteiger partial charge on any atom is -0.489 e. The first kappa shape index (κ1) is 16.4. The van der Waals surface area contributed by atoms with Gasteiger partial charge in [-0.15, -0.1) is 0 Å². The van der Waals surface area contributed by atoms with E-state index in [1.807, 2.05) is 68.7 Å². The Morgan fingerprint density at radius 3 is 2.50 bits per heavy atom. The summed E-state index contributed by atoms with van der Waals surface area (Å²) in [6.45, 7) is 2.93. The SMILES string of the molecule is Cc1ccc(OCc2ccc(Cl)cc2)cc1OCc1ccn(C)n1. The number of nitrogens with zero attached hydrogens (tertiary/aromatic N) is 2. The van der Waals surface area contributed by atoms with Crippen LogP contribution in [0.4, 0.5) is 0 Å². The Hall–Kier alpha value is -2.46. The zero-order chi connectivity index (χ0) is 16.9. The van der Waals surface area contributed by atoms with E-state index in [1.165, 1.54) is 0 Å². The van der Waals surface area contributed by atoms with Crippen molar-refractivity contribution in [3.63, 3.8) is 0 Å². The van der Waals surface area contributed by atoms with E-state index < -0.39 is 0 Å². The number of aromatic nitrogens is 2. The van der Waals surface area contributed by atoms with Crippen LogP contribution in [0.3, 0.4) is 0 Å². The van der Waals surface area contributed by atoms with Crippen LogP contribution in [0.5, 0.6) is 11.5 Å². The first-order chi connectivity index (χ1) is 11.6. The van der Waals surface area contributed by atoms with Gasteiger partial charge in [-0.1, -0.05) is 29.8 Å². The summed E-state index contributed by atoms with van der Waals surface area (Å²) in [5.41, 5.74) is 3.02. The number of aryl methyl sites for hydroxylation is 2. The van der Waals surface area contributed by atoms with Crippen LogP contribution in [0, 0.1) is 6.92 Å². The molecule has 0 fully saturated rings. The van der Waals surface area contributed by atoms with Gasteiger partial charge in [0.25, 0.3) is 0 Å². The molecule has 0 unspecified atom stereocenters. The van der Waals surface area contributed by atoms with Gasteiger partial charge in [-0.05, 0) is 42.3 Å². The molecule has 3 aromatic rings. The van der Waals surface area contributed by atoms with Crippen LogP contribution in [-0.2, 0) is 20.3 Å². The molecule has 0 N–H and O–H groups in total. The monoisotopic (exact) mass is 342 g/mol. The number of hydrogen-bond donors (Lipinski definition) is 0. The van der Waals surface area contributed by atoms with Crippen molar-refractivity contribution < 1.29 is 9.47 Å². The molecule has 124 valence electrons. The lowest BCUT2D eigenvalue weighted by molar-refractivity contribution is 0.285. The highest BCUT2D eigenvalue weighted by molar-refractivity contribution is 6.30. The third-order valence-corrected chi connectivity index (χ3v) is 3.87. The van der Waals surface area contributed by atoms with Crippen molar-refractivity contribution in [1.29, 1.82) is 0 Å². The second-order valence-corrected chi connectivity index (χ2v) is 6.05. The van der Waals surface area contributed by atoms with Crippen LogP contribution >= 0.6 is 11.6 Å². The lowest BCUT2D eigenvalue weighted by Gasteiger charge is -2.11. The average molecular weight is 343 g/mol. The zero-order valence-electron chi connectivity index (χ0n) is 13.7. The molecule has 0 saturated carbocycles. The van der Waals surface area contributed by atoms with Crippen LogP contribution in [0.2, 0.25) is 5.02 Å². The van der Waals surface area contributed by atoms with E-state index >= 15 is 0 Å². The summed E-state index contributed by atoms with van der Waals surface area (Å²) in [5.74, 6) is 1.57. The van der Waals surface area contributed by atoms with Gasteiger partial charge in [0.1, 0.15) is 24.7 Å². The minimum absolute atomic E-state index is 0.433. The summed E-state index contributed by atoms with van der Waals surface area (Å²) < 4.78 is 13.5. The van der Waals surface area contributed by atoms with Crippen molar-refractivity contribution >= 4 is 11.6 Å². The topological polar surface area (TPSA) is 36.3 Å². The normalized spacial score (nSPS) is 10.6. The summed E-state index contributed by atoms with van der Waals surface area (Å²) >= 11 is 5.89. The maximum Gasteiger partial charge on any atom is 0.132 e. The van der Waals surface area contributed by atoms with Gasteiger partial charge in [-0.2, -0.15) is 5.10 Å². The highest BCUT2D eigenvalue weighted by atomic mass is 35.5. The fourth-order valence-electron chi connectivity index (χ4n) is 2.26. The number of hydrogen-bond acceptors (Lipinski definition) is 3. The van der Waals surface area contributed by atoms with Gasteiger partial charge in [0, 0.05) is 24.3 Å². The Bertz CT molecular complexity index is 812. The molecule has 0 bridgehead atoms. The van der Waals surface area contributed by atoms with Gasteiger partial charge in [-0.25, -0.2) is 0 Å². The summed E-state index contributed by atoms with van der Waals surface area (Å²) in [6.07, 6.45) is 1.90. The van der Waals surface area contributed by atoms with Gasteiger partial charge >= 0.3 is 0 Å². The number of rotatable bonds is 6. The van der Waals surface area contributed by atoms with Crippen molar-refractivity contribution in [3.8, 4) is 11.5 Å².